The number of thioether (sulfide) groups is 1. The minimum atomic E-state index is 0.908. The summed E-state index contributed by atoms with van der Waals surface area (Å²) in [5, 5.41) is 3.33. The molecule has 0 atom stereocenters. The van der Waals surface area contributed by atoms with Crippen LogP contribution in [-0.4, -0.2) is 22.3 Å². The first-order valence-corrected chi connectivity index (χ1v) is 7.84. The number of anilines is 1. The molecule has 1 N–H and O–H groups in total. The van der Waals surface area contributed by atoms with Crippen LogP contribution < -0.4 is 5.32 Å². The molecule has 3 nitrogen and oxygen atoms in total. The molecule has 1 heterocycles. The summed E-state index contributed by atoms with van der Waals surface area (Å²) in [6.07, 6.45) is 4.21. The Balaban J connectivity index is 2.58. The SMILES string of the molecule is CCCNc1nc(CSCCC)ncc1I. The van der Waals surface area contributed by atoms with Gasteiger partial charge in [0.1, 0.15) is 11.6 Å². The van der Waals surface area contributed by atoms with E-state index in [2.05, 4.69) is 51.7 Å². The van der Waals surface area contributed by atoms with E-state index in [4.69, 9.17) is 0 Å². The van der Waals surface area contributed by atoms with E-state index >= 15 is 0 Å². The second kappa shape index (κ2) is 8.11. The Bertz CT molecular complexity index is 320. The lowest BCUT2D eigenvalue weighted by Crippen LogP contribution is -2.06. The van der Waals surface area contributed by atoms with E-state index in [0.29, 0.717) is 0 Å². The van der Waals surface area contributed by atoms with Gasteiger partial charge in [0.25, 0.3) is 0 Å². The van der Waals surface area contributed by atoms with E-state index < -0.39 is 0 Å². The molecule has 0 saturated carbocycles. The summed E-state index contributed by atoms with van der Waals surface area (Å²) >= 11 is 4.16. The Morgan fingerprint density at radius 3 is 2.88 bits per heavy atom. The van der Waals surface area contributed by atoms with Crippen LogP contribution in [0.3, 0.4) is 0 Å². The molecule has 0 amide bonds. The van der Waals surface area contributed by atoms with Crippen LogP contribution in [0.1, 0.15) is 32.5 Å². The Kier molecular flexibility index (Phi) is 7.11. The van der Waals surface area contributed by atoms with Gasteiger partial charge < -0.3 is 5.32 Å². The van der Waals surface area contributed by atoms with Crippen LogP contribution in [0.25, 0.3) is 0 Å². The average molecular weight is 351 g/mol. The maximum absolute atomic E-state index is 4.53. The standard InChI is InChI=1S/C11H18IN3S/c1-3-5-13-11-9(12)7-14-10(15-11)8-16-6-4-2/h7H,3-6,8H2,1-2H3,(H,13,14,15). The topological polar surface area (TPSA) is 37.8 Å². The number of hydrogen-bond donors (Lipinski definition) is 1. The van der Waals surface area contributed by atoms with E-state index in [1.165, 1.54) is 12.2 Å². The van der Waals surface area contributed by atoms with Crippen molar-refractivity contribution in [3.05, 3.63) is 15.6 Å². The predicted octanol–water partition coefficient (Wildman–Crippen LogP) is 3.55. The van der Waals surface area contributed by atoms with Crippen LogP contribution in [0.4, 0.5) is 5.82 Å². The maximum Gasteiger partial charge on any atom is 0.143 e. The van der Waals surface area contributed by atoms with Crippen molar-refractivity contribution in [1.82, 2.24) is 9.97 Å². The number of hydrogen-bond acceptors (Lipinski definition) is 4. The summed E-state index contributed by atoms with van der Waals surface area (Å²) < 4.78 is 1.09. The van der Waals surface area contributed by atoms with Gasteiger partial charge in [0.05, 0.1) is 9.32 Å². The second-order valence-corrected chi connectivity index (χ2v) is 5.73. The van der Waals surface area contributed by atoms with Gasteiger partial charge in [-0.15, -0.1) is 0 Å². The molecule has 0 aliphatic carbocycles. The van der Waals surface area contributed by atoms with Gasteiger partial charge in [-0.25, -0.2) is 9.97 Å². The molecule has 0 unspecified atom stereocenters. The Morgan fingerprint density at radius 2 is 2.19 bits per heavy atom. The number of nitrogens with zero attached hydrogens (tertiary/aromatic N) is 2. The zero-order valence-electron chi connectivity index (χ0n) is 9.79. The lowest BCUT2D eigenvalue weighted by atomic mass is 10.4. The Labute approximate surface area is 115 Å². The van der Waals surface area contributed by atoms with E-state index in [1.807, 2.05) is 18.0 Å². The van der Waals surface area contributed by atoms with Gasteiger partial charge in [0.2, 0.25) is 0 Å². The third-order valence-corrected chi connectivity index (χ3v) is 3.86. The molecule has 16 heavy (non-hydrogen) atoms. The number of rotatable bonds is 7. The van der Waals surface area contributed by atoms with E-state index in [9.17, 15) is 0 Å². The van der Waals surface area contributed by atoms with Gasteiger partial charge in [-0.2, -0.15) is 11.8 Å². The van der Waals surface area contributed by atoms with Crippen molar-refractivity contribution < 1.29 is 0 Å². The lowest BCUT2D eigenvalue weighted by Gasteiger charge is -2.07. The maximum atomic E-state index is 4.53. The molecule has 0 aromatic carbocycles. The molecule has 0 fully saturated rings. The molecule has 0 saturated heterocycles. The van der Waals surface area contributed by atoms with Crippen molar-refractivity contribution in [1.29, 1.82) is 0 Å². The van der Waals surface area contributed by atoms with E-state index in [0.717, 1.165) is 33.9 Å². The monoisotopic (exact) mass is 351 g/mol. The highest BCUT2D eigenvalue weighted by Gasteiger charge is 2.04. The van der Waals surface area contributed by atoms with Gasteiger partial charge in [-0.1, -0.05) is 13.8 Å². The van der Waals surface area contributed by atoms with E-state index in [-0.39, 0.29) is 0 Å². The molecule has 1 aromatic heterocycles. The molecule has 1 aromatic rings. The van der Waals surface area contributed by atoms with Crippen LogP contribution >= 0.6 is 34.4 Å². The molecule has 0 aliphatic heterocycles. The van der Waals surface area contributed by atoms with Gasteiger partial charge in [0, 0.05) is 12.7 Å². The first-order chi connectivity index (χ1) is 7.77. The fraction of sp³-hybridized carbons (Fsp3) is 0.636. The van der Waals surface area contributed by atoms with E-state index in [1.54, 1.807) is 0 Å². The average Bonchev–Trinajstić information content (AvgIpc) is 2.30. The fourth-order valence-electron chi connectivity index (χ4n) is 1.15. The van der Waals surface area contributed by atoms with Crippen molar-refractivity contribution in [2.75, 3.05) is 17.6 Å². The van der Waals surface area contributed by atoms with Crippen LogP contribution in [0.15, 0.2) is 6.20 Å². The summed E-state index contributed by atoms with van der Waals surface area (Å²) in [5.41, 5.74) is 0. The smallest absolute Gasteiger partial charge is 0.143 e. The minimum absolute atomic E-state index is 0.908. The van der Waals surface area contributed by atoms with Crippen LogP contribution in [-0.2, 0) is 5.75 Å². The molecule has 1 rings (SSSR count). The zero-order chi connectivity index (χ0) is 11.8. The fourth-order valence-corrected chi connectivity index (χ4v) is 2.35. The van der Waals surface area contributed by atoms with Gasteiger partial charge >= 0.3 is 0 Å². The molecule has 5 heteroatoms. The number of nitrogens with one attached hydrogen (secondary N) is 1. The summed E-state index contributed by atoms with van der Waals surface area (Å²) in [6.45, 7) is 5.31. The van der Waals surface area contributed by atoms with Gasteiger partial charge in [-0.3, -0.25) is 0 Å². The normalized spacial score (nSPS) is 10.4. The molecular formula is C11H18IN3S. The van der Waals surface area contributed by atoms with Crippen molar-refractivity contribution in [3.63, 3.8) is 0 Å². The van der Waals surface area contributed by atoms with Crippen LogP contribution in [0, 0.1) is 3.57 Å². The van der Waals surface area contributed by atoms with Gasteiger partial charge in [0.15, 0.2) is 0 Å². The highest BCUT2D eigenvalue weighted by Crippen LogP contribution is 2.16. The second-order valence-electron chi connectivity index (χ2n) is 3.46. The summed E-state index contributed by atoms with van der Waals surface area (Å²) in [7, 11) is 0. The first kappa shape index (κ1) is 14.0. The largest absolute Gasteiger partial charge is 0.369 e. The highest BCUT2D eigenvalue weighted by atomic mass is 127. The zero-order valence-corrected chi connectivity index (χ0v) is 12.8. The van der Waals surface area contributed by atoms with Crippen molar-refractivity contribution in [2.24, 2.45) is 0 Å². The molecule has 0 spiro atoms. The molecule has 0 aliphatic rings. The Hall–Kier alpha value is -0.0400. The van der Waals surface area contributed by atoms with Crippen molar-refractivity contribution in [3.8, 4) is 0 Å². The summed E-state index contributed by atoms with van der Waals surface area (Å²) in [5.74, 6) is 3.99. The third kappa shape index (κ3) is 4.86. The summed E-state index contributed by atoms with van der Waals surface area (Å²) in [6, 6.07) is 0. The molecule has 0 radical (unpaired) electrons. The quantitative estimate of drug-likeness (QED) is 0.602. The van der Waals surface area contributed by atoms with Crippen molar-refractivity contribution in [2.45, 2.75) is 32.4 Å². The van der Waals surface area contributed by atoms with Gasteiger partial charge in [-0.05, 0) is 41.2 Å². The lowest BCUT2D eigenvalue weighted by molar-refractivity contribution is 0.945. The third-order valence-electron chi connectivity index (χ3n) is 1.92. The summed E-state index contributed by atoms with van der Waals surface area (Å²) in [4.78, 5) is 8.87. The molecule has 90 valence electrons. The van der Waals surface area contributed by atoms with Crippen LogP contribution in [0.2, 0.25) is 0 Å². The molecular weight excluding hydrogens is 333 g/mol. The van der Waals surface area contributed by atoms with Crippen LogP contribution in [0.5, 0.6) is 0 Å². The number of halogens is 1. The highest BCUT2D eigenvalue weighted by molar-refractivity contribution is 14.1. The molecule has 0 bridgehead atoms. The first-order valence-electron chi connectivity index (χ1n) is 5.61. The number of aromatic nitrogens is 2. The Morgan fingerprint density at radius 1 is 1.38 bits per heavy atom. The van der Waals surface area contributed by atoms with Crippen molar-refractivity contribution >= 4 is 40.2 Å². The minimum Gasteiger partial charge on any atom is -0.369 e. The predicted molar refractivity (Wildman–Crippen MR) is 80.0 cm³/mol.